The molecule has 0 saturated carbocycles. The quantitative estimate of drug-likeness (QED) is 0.689. The molecule has 0 unspecified atom stereocenters. The third kappa shape index (κ3) is 5.94. The molecule has 0 bridgehead atoms. The first kappa shape index (κ1) is 20.1. The van der Waals surface area contributed by atoms with E-state index in [9.17, 15) is 13.2 Å². The van der Waals surface area contributed by atoms with Gasteiger partial charge in [0.2, 0.25) is 0 Å². The van der Waals surface area contributed by atoms with Crippen molar-refractivity contribution in [2.24, 2.45) is 0 Å². The van der Waals surface area contributed by atoms with Gasteiger partial charge in [0.15, 0.2) is 0 Å². The summed E-state index contributed by atoms with van der Waals surface area (Å²) in [6, 6.07) is 8.32. The van der Waals surface area contributed by atoms with Crippen molar-refractivity contribution in [1.29, 1.82) is 0 Å². The highest BCUT2D eigenvalue weighted by Gasteiger charge is 2.18. The van der Waals surface area contributed by atoms with E-state index in [0.717, 1.165) is 48.4 Å². The molecule has 0 atom stereocenters. The van der Waals surface area contributed by atoms with Gasteiger partial charge in [-0.25, -0.2) is 5.10 Å². The maximum absolute atomic E-state index is 11.9. The second-order valence-electron chi connectivity index (χ2n) is 6.46. The van der Waals surface area contributed by atoms with Crippen molar-refractivity contribution in [2.45, 2.75) is 19.4 Å². The van der Waals surface area contributed by atoms with Crippen molar-refractivity contribution in [3.8, 4) is 11.3 Å². The second-order valence-corrected chi connectivity index (χ2v) is 7.92. The van der Waals surface area contributed by atoms with Crippen LogP contribution in [0.4, 0.5) is 5.69 Å². The molecule has 8 nitrogen and oxygen atoms in total. The molecular weight excluding hydrogens is 356 g/mol. The third-order valence-electron chi connectivity index (χ3n) is 3.69. The highest BCUT2D eigenvalue weighted by atomic mass is 32.2. The van der Waals surface area contributed by atoms with E-state index >= 15 is 0 Å². The number of hydrogen-bond donors (Lipinski definition) is 3. The van der Waals surface area contributed by atoms with Gasteiger partial charge >= 0.3 is 0 Å². The highest BCUT2D eigenvalue weighted by molar-refractivity contribution is 7.85. The zero-order valence-corrected chi connectivity index (χ0v) is 15.9. The van der Waals surface area contributed by atoms with Gasteiger partial charge < -0.3 is 10.2 Å². The van der Waals surface area contributed by atoms with Crippen LogP contribution in [0.1, 0.15) is 17.5 Å². The fourth-order valence-electron chi connectivity index (χ4n) is 2.79. The Hall–Kier alpha value is -2.23. The number of aromatic nitrogens is 2. The van der Waals surface area contributed by atoms with Gasteiger partial charge in [0, 0.05) is 24.2 Å². The first-order valence-electron chi connectivity index (χ1n) is 8.17. The van der Waals surface area contributed by atoms with Crippen LogP contribution in [0.25, 0.3) is 11.3 Å². The molecule has 0 amide bonds. The standard InChI is InChI=1S/C16H20N4O.CH4O3S/c1-20(2)10-11-5-3-6-12(9-11)14-15-13(7-4-8-17-15)16(21)19-18-14;1-5(2,3)4/h3,5-6,9,17H,4,7-8,10H2,1-2H3,(H,19,21);1H3,(H,2,3,4). The molecule has 0 spiro atoms. The monoisotopic (exact) mass is 380 g/mol. The van der Waals surface area contributed by atoms with Crippen molar-refractivity contribution >= 4 is 15.8 Å². The largest absolute Gasteiger partial charge is 0.383 e. The van der Waals surface area contributed by atoms with Crippen LogP contribution in [-0.2, 0) is 23.1 Å². The second kappa shape index (κ2) is 8.43. The number of nitrogens with one attached hydrogen (secondary N) is 2. The van der Waals surface area contributed by atoms with Gasteiger partial charge in [-0.3, -0.25) is 9.35 Å². The number of rotatable bonds is 3. The molecule has 1 aliphatic rings. The normalized spacial score (nSPS) is 13.4. The lowest BCUT2D eigenvalue weighted by Crippen LogP contribution is -2.24. The van der Waals surface area contributed by atoms with Crippen LogP contribution in [0.3, 0.4) is 0 Å². The number of hydrogen-bond acceptors (Lipinski definition) is 6. The van der Waals surface area contributed by atoms with Gasteiger partial charge in [-0.05, 0) is 38.6 Å². The van der Waals surface area contributed by atoms with E-state index in [-0.39, 0.29) is 5.56 Å². The average molecular weight is 380 g/mol. The molecule has 0 aliphatic carbocycles. The highest BCUT2D eigenvalue weighted by Crippen LogP contribution is 2.30. The summed E-state index contributed by atoms with van der Waals surface area (Å²) in [6.07, 6.45) is 2.51. The molecule has 0 radical (unpaired) electrons. The Morgan fingerprint density at radius 3 is 2.65 bits per heavy atom. The summed E-state index contributed by atoms with van der Waals surface area (Å²) in [6.45, 7) is 1.77. The molecule has 9 heteroatoms. The van der Waals surface area contributed by atoms with Gasteiger partial charge in [-0.2, -0.15) is 13.5 Å². The Morgan fingerprint density at radius 2 is 2.00 bits per heavy atom. The van der Waals surface area contributed by atoms with Gasteiger partial charge in [0.05, 0.1) is 11.9 Å². The Morgan fingerprint density at radius 1 is 1.31 bits per heavy atom. The minimum absolute atomic E-state index is 0.0783. The Balaban J connectivity index is 0.000000431. The van der Waals surface area contributed by atoms with E-state index in [1.165, 1.54) is 5.56 Å². The van der Waals surface area contributed by atoms with Crippen molar-refractivity contribution < 1.29 is 13.0 Å². The number of H-pyrrole nitrogens is 1. The minimum atomic E-state index is -3.67. The van der Waals surface area contributed by atoms with Gasteiger partial charge in [-0.1, -0.05) is 18.2 Å². The van der Waals surface area contributed by atoms with E-state index in [4.69, 9.17) is 4.55 Å². The maximum Gasteiger partial charge on any atom is 0.269 e. The molecule has 1 aromatic heterocycles. The van der Waals surface area contributed by atoms with Gasteiger partial charge in [0.1, 0.15) is 5.69 Å². The lowest BCUT2D eigenvalue weighted by atomic mass is 10.00. The lowest BCUT2D eigenvalue weighted by Gasteiger charge is -2.19. The predicted octanol–water partition coefficient (Wildman–Crippen LogP) is 1.36. The van der Waals surface area contributed by atoms with Crippen LogP contribution in [0.5, 0.6) is 0 Å². The van der Waals surface area contributed by atoms with Crippen molar-refractivity contribution in [2.75, 3.05) is 32.2 Å². The first-order chi connectivity index (χ1) is 12.1. The van der Waals surface area contributed by atoms with Crippen molar-refractivity contribution in [3.05, 3.63) is 45.7 Å². The fourth-order valence-corrected chi connectivity index (χ4v) is 2.79. The fraction of sp³-hybridized carbons (Fsp3) is 0.412. The summed E-state index contributed by atoms with van der Waals surface area (Å²) >= 11 is 0. The molecule has 0 saturated heterocycles. The third-order valence-corrected chi connectivity index (χ3v) is 3.69. The molecule has 0 fully saturated rings. The van der Waals surface area contributed by atoms with E-state index in [2.05, 4.69) is 32.5 Å². The van der Waals surface area contributed by atoms with E-state index < -0.39 is 10.1 Å². The molecule has 142 valence electrons. The smallest absolute Gasteiger partial charge is 0.269 e. The SMILES string of the molecule is CN(C)Cc1cccc(-c2n[nH]c(=O)c3c2NCCC3)c1.CS(=O)(=O)O. The number of anilines is 1. The summed E-state index contributed by atoms with van der Waals surface area (Å²) in [5.41, 5.74) is 4.75. The zero-order chi connectivity index (χ0) is 19.3. The van der Waals surface area contributed by atoms with Gasteiger partial charge in [0.25, 0.3) is 15.7 Å². The summed E-state index contributed by atoms with van der Waals surface area (Å²) in [7, 11) is 0.433. The Labute approximate surface area is 153 Å². The molecule has 2 aromatic rings. The molecule has 3 N–H and O–H groups in total. The van der Waals surface area contributed by atoms with Crippen LogP contribution in [-0.4, -0.2) is 55.0 Å². The number of benzene rings is 1. The van der Waals surface area contributed by atoms with E-state index in [1.54, 1.807) is 0 Å². The molecule has 1 aromatic carbocycles. The van der Waals surface area contributed by atoms with Crippen molar-refractivity contribution in [3.63, 3.8) is 0 Å². The molecule has 2 heterocycles. The summed E-state index contributed by atoms with van der Waals surface area (Å²) in [4.78, 5) is 14.0. The first-order valence-corrected chi connectivity index (χ1v) is 10.0. The maximum atomic E-state index is 11.9. The lowest BCUT2D eigenvalue weighted by molar-refractivity contribution is 0.402. The van der Waals surface area contributed by atoms with Crippen LogP contribution in [0.15, 0.2) is 29.1 Å². The topological polar surface area (TPSA) is 115 Å². The van der Waals surface area contributed by atoms with Crippen molar-refractivity contribution in [1.82, 2.24) is 15.1 Å². The predicted molar refractivity (Wildman–Crippen MR) is 102 cm³/mol. The molecule has 26 heavy (non-hydrogen) atoms. The molecular formula is C17H24N4O4S. The molecule has 1 aliphatic heterocycles. The minimum Gasteiger partial charge on any atom is -0.383 e. The van der Waals surface area contributed by atoms with Crippen LogP contribution >= 0.6 is 0 Å². The van der Waals surface area contributed by atoms with E-state index in [0.29, 0.717) is 6.26 Å². The number of aromatic amines is 1. The van der Waals surface area contributed by atoms with E-state index in [1.807, 2.05) is 26.2 Å². The Kier molecular flexibility index (Phi) is 6.52. The van der Waals surface area contributed by atoms with Crippen LogP contribution in [0, 0.1) is 0 Å². The number of fused-ring (bicyclic) bond motifs is 1. The van der Waals surface area contributed by atoms with Crippen LogP contribution in [0.2, 0.25) is 0 Å². The molecule has 3 rings (SSSR count). The Bertz CT molecular complexity index is 915. The average Bonchev–Trinajstić information content (AvgIpc) is 2.53. The van der Waals surface area contributed by atoms with Gasteiger partial charge in [-0.15, -0.1) is 0 Å². The van der Waals surface area contributed by atoms with Crippen LogP contribution < -0.4 is 10.9 Å². The zero-order valence-electron chi connectivity index (χ0n) is 15.1. The summed E-state index contributed by atoms with van der Waals surface area (Å²) in [5, 5.41) is 10.2. The number of nitrogens with zero attached hydrogens (tertiary/aromatic N) is 2. The summed E-state index contributed by atoms with van der Waals surface area (Å²) < 4.78 is 25.9. The summed E-state index contributed by atoms with van der Waals surface area (Å²) in [5.74, 6) is 0.